The smallest absolute Gasteiger partial charge is 0.358 e. The maximum absolute atomic E-state index is 11.2. The molecule has 0 spiro atoms. The Morgan fingerprint density at radius 3 is 2.80 bits per heavy atom. The van der Waals surface area contributed by atoms with E-state index in [0.29, 0.717) is 18.8 Å². The number of thiophene rings is 1. The fourth-order valence-corrected chi connectivity index (χ4v) is 2.48. The monoisotopic (exact) mass is 295 g/mol. The van der Waals surface area contributed by atoms with Crippen LogP contribution in [-0.2, 0) is 11.3 Å². The maximum atomic E-state index is 11.2. The van der Waals surface area contributed by atoms with Crippen molar-refractivity contribution in [3.05, 3.63) is 23.2 Å². The number of carboxylic acid groups (broad SMARTS) is 1. The molecule has 0 aliphatic carbocycles. The molecule has 0 atom stereocenters. The van der Waals surface area contributed by atoms with Crippen molar-refractivity contribution in [2.75, 3.05) is 6.61 Å². The van der Waals surface area contributed by atoms with Gasteiger partial charge in [-0.15, -0.1) is 16.4 Å². The molecule has 108 valence electrons. The highest BCUT2D eigenvalue weighted by Crippen LogP contribution is 2.27. The summed E-state index contributed by atoms with van der Waals surface area (Å²) in [6, 6.07) is 3.73. The number of ether oxygens (including phenoxy) is 1. The Morgan fingerprint density at radius 1 is 1.50 bits per heavy atom. The summed E-state index contributed by atoms with van der Waals surface area (Å²) < 4.78 is 7.23. The van der Waals surface area contributed by atoms with Gasteiger partial charge in [0.2, 0.25) is 0 Å². The Hall–Kier alpha value is -1.73. The van der Waals surface area contributed by atoms with Gasteiger partial charge in [-0.05, 0) is 32.2 Å². The first kappa shape index (κ1) is 14.7. The Balaban J connectivity index is 2.23. The zero-order chi connectivity index (χ0) is 14.8. The zero-order valence-electron chi connectivity index (χ0n) is 11.7. The van der Waals surface area contributed by atoms with Crippen molar-refractivity contribution < 1.29 is 14.6 Å². The predicted molar refractivity (Wildman–Crippen MR) is 76.0 cm³/mol. The van der Waals surface area contributed by atoms with Crippen LogP contribution in [0.3, 0.4) is 0 Å². The number of aromatic nitrogens is 3. The lowest BCUT2D eigenvalue weighted by Crippen LogP contribution is -2.22. The Morgan fingerprint density at radius 2 is 2.25 bits per heavy atom. The molecule has 0 fully saturated rings. The van der Waals surface area contributed by atoms with Crippen LogP contribution in [-0.4, -0.2) is 38.3 Å². The predicted octanol–water partition coefficient (Wildman–Crippen LogP) is 2.52. The van der Waals surface area contributed by atoms with Gasteiger partial charge in [0.15, 0.2) is 5.69 Å². The normalized spacial score (nSPS) is 11.8. The Labute approximate surface area is 121 Å². The first-order valence-corrected chi connectivity index (χ1v) is 7.11. The molecule has 0 bridgehead atoms. The third-order valence-electron chi connectivity index (χ3n) is 2.53. The first-order chi connectivity index (χ1) is 9.38. The van der Waals surface area contributed by atoms with E-state index in [0.717, 1.165) is 4.88 Å². The molecule has 2 rings (SSSR count). The van der Waals surface area contributed by atoms with E-state index in [1.807, 2.05) is 38.3 Å². The number of carbonyl (C=O) groups is 1. The average Bonchev–Trinajstić information content (AvgIpc) is 2.93. The fraction of sp³-hybridized carbons (Fsp3) is 0.462. The molecule has 0 aromatic carbocycles. The largest absolute Gasteiger partial charge is 0.476 e. The average molecular weight is 295 g/mol. The van der Waals surface area contributed by atoms with Crippen molar-refractivity contribution in [2.24, 2.45) is 0 Å². The van der Waals surface area contributed by atoms with E-state index in [1.54, 1.807) is 4.68 Å². The van der Waals surface area contributed by atoms with Gasteiger partial charge in [-0.1, -0.05) is 11.3 Å². The van der Waals surface area contributed by atoms with Crippen molar-refractivity contribution in [3.63, 3.8) is 0 Å². The number of hydrogen-bond donors (Lipinski definition) is 1. The van der Waals surface area contributed by atoms with Crippen LogP contribution >= 0.6 is 11.3 Å². The number of aromatic carboxylic acids is 1. The molecular weight excluding hydrogens is 278 g/mol. The highest BCUT2D eigenvalue weighted by Gasteiger charge is 2.21. The highest BCUT2D eigenvalue weighted by molar-refractivity contribution is 7.13. The van der Waals surface area contributed by atoms with Gasteiger partial charge in [0.25, 0.3) is 0 Å². The van der Waals surface area contributed by atoms with Crippen LogP contribution in [0.4, 0.5) is 0 Å². The van der Waals surface area contributed by atoms with E-state index >= 15 is 0 Å². The summed E-state index contributed by atoms with van der Waals surface area (Å²) in [5, 5.41) is 18.8. The van der Waals surface area contributed by atoms with E-state index in [4.69, 9.17) is 4.74 Å². The minimum atomic E-state index is -1.07. The van der Waals surface area contributed by atoms with Gasteiger partial charge in [0.1, 0.15) is 5.69 Å². The van der Waals surface area contributed by atoms with Gasteiger partial charge >= 0.3 is 5.97 Å². The molecule has 6 nitrogen and oxygen atoms in total. The van der Waals surface area contributed by atoms with E-state index in [1.165, 1.54) is 11.3 Å². The fourth-order valence-electron chi connectivity index (χ4n) is 1.71. The molecule has 0 aliphatic rings. The van der Waals surface area contributed by atoms with Crippen molar-refractivity contribution >= 4 is 17.3 Å². The molecule has 7 heteroatoms. The number of carboxylic acids is 1. The highest BCUT2D eigenvalue weighted by atomic mass is 32.1. The van der Waals surface area contributed by atoms with Crippen LogP contribution in [0.25, 0.3) is 10.6 Å². The summed E-state index contributed by atoms with van der Waals surface area (Å²) in [7, 11) is 0. The maximum Gasteiger partial charge on any atom is 0.358 e. The van der Waals surface area contributed by atoms with Gasteiger partial charge in [0.05, 0.1) is 23.6 Å². The molecule has 0 radical (unpaired) electrons. The summed E-state index contributed by atoms with van der Waals surface area (Å²) in [5.74, 6) is -1.07. The van der Waals surface area contributed by atoms with Gasteiger partial charge in [-0.25, -0.2) is 9.48 Å². The molecule has 2 aromatic heterocycles. The Bertz CT molecular complexity index is 585. The molecule has 1 N–H and O–H groups in total. The van der Waals surface area contributed by atoms with Crippen LogP contribution in [0.2, 0.25) is 0 Å². The van der Waals surface area contributed by atoms with Crippen LogP contribution < -0.4 is 0 Å². The second kappa shape index (κ2) is 5.72. The van der Waals surface area contributed by atoms with Gasteiger partial charge in [-0.2, -0.15) is 0 Å². The minimum Gasteiger partial charge on any atom is -0.476 e. The lowest BCUT2D eigenvalue weighted by atomic mass is 10.2. The molecule has 0 saturated carbocycles. The van der Waals surface area contributed by atoms with Gasteiger partial charge in [0, 0.05) is 0 Å². The second-order valence-electron chi connectivity index (χ2n) is 5.25. The summed E-state index contributed by atoms with van der Waals surface area (Å²) in [6.07, 6.45) is 0. The van der Waals surface area contributed by atoms with Crippen LogP contribution in [0.1, 0.15) is 31.3 Å². The molecule has 0 aliphatic heterocycles. The van der Waals surface area contributed by atoms with E-state index in [-0.39, 0.29) is 11.3 Å². The molecule has 2 aromatic rings. The molecule has 20 heavy (non-hydrogen) atoms. The summed E-state index contributed by atoms with van der Waals surface area (Å²) >= 11 is 1.46. The van der Waals surface area contributed by atoms with Crippen LogP contribution in [0.5, 0.6) is 0 Å². The van der Waals surface area contributed by atoms with E-state index in [2.05, 4.69) is 10.3 Å². The van der Waals surface area contributed by atoms with E-state index in [9.17, 15) is 9.90 Å². The van der Waals surface area contributed by atoms with Gasteiger partial charge < -0.3 is 9.84 Å². The molecule has 0 saturated heterocycles. The van der Waals surface area contributed by atoms with Crippen molar-refractivity contribution in [1.82, 2.24) is 15.0 Å². The number of rotatable bonds is 5. The number of hydrogen-bond acceptors (Lipinski definition) is 5. The minimum absolute atomic E-state index is 0.0248. The Kier molecular flexibility index (Phi) is 4.20. The molecule has 0 amide bonds. The molecule has 2 heterocycles. The van der Waals surface area contributed by atoms with Crippen molar-refractivity contribution in [2.45, 2.75) is 32.9 Å². The topological polar surface area (TPSA) is 77.2 Å². The number of nitrogens with zero attached hydrogens (tertiary/aromatic N) is 3. The zero-order valence-corrected chi connectivity index (χ0v) is 12.5. The second-order valence-corrected chi connectivity index (χ2v) is 6.20. The SMILES string of the molecule is CC(C)(C)OCCn1nnc(C(=O)O)c1-c1cccs1. The molecule has 0 unspecified atom stereocenters. The lowest BCUT2D eigenvalue weighted by molar-refractivity contribution is -0.00790. The van der Waals surface area contributed by atoms with Crippen LogP contribution in [0.15, 0.2) is 17.5 Å². The molecular formula is C13H17N3O3S. The van der Waals surface area contributed by atoms with Crippen molar-refractivity contribution in [1.29, 1.82) is 0 Å². The van der Waals surface area contributed by atoms with Gasteiger partial charge in [-0.3, -0.25) is 0 Å². The lowest BCUT2D eigenvalue weighted by Gasteiger charge is -2.19. The van der Waals surface area contributed by atoms with Crippen LogP contribution in [0, 0.1) is 0 Å². The summed E-state index contributed by atoms with van der Waals surface area (Å²) in [4.78, 5) is 12.1. The summed E-state index contributed by atoms with van der Waals surface area (Å²) in [6.45, 7) is 6.82. The van der Waals surface area contributed by atoms with Crippen molar-refractivity contribution in [3.8, 4) is 10.6 Å². The third kappa shape index (κ3) is 3.43. The quantitative estimate of drug-likeness (QED) is 0.917. The standard InChI is InChI=1S/C13H17N3O3S/c1-13(2,3)19-7-6-16-11(9-5-4-8-20-9)10(12(17)18)14-15-16/h4-5,8H,6-7H2,1-3H3,(H,17,18). The van der Waals surface area contributed by atoms with E-state index < -0.39 is 5.97 Å². The third-order valence-corrected chi connectivity index (χ3v) is 3.41. The summed E-state index contributed by atoms with van der Waals surface area (Å²) in [5.41, 5.74) is 0.271. The first-order valence-electron chi connectivity index (χ1n) is 6.23.